The fourth-order valence-electron chi connectivity index (χ4n) is 0. The van der Waals surface area contributed by atoms with Crippen molar-refractivity contribution in [3.05, 3.63) is 0 Å². The Hall–Kier alpha value is 0.688. The molecule has 8 heavy (non-hydrogen) atoms. The Kier molecular flexibility index (Phi) is 3430. The quantitative estimate of drug-likeness (QED) is 0.638. The van der Waals surface area contributed by atoms with Crippen LogP contribution in [0.25, 0.3) is 0 Å². The number of rotatable bonds is 0. The van der Waals surface area contributed by atoms with E-state index in [2.05, 4.69) is 0 Å². The van der Waals surface area contributed by atoms with Crippen molar-refractivity contribution in [2.24, 2.45) is 0 Å². The Balaban J connectivity index is -0.00000000500. The van der Waals surface area contributed by atoms with Gasteiger partial charge >= 0.3 is 0 Å². The van der Waals surface area contributed by atoms with Gasteiger partial charge in [0.15, 0.2) is 0 Å². The summed E-state index contributed by atoms with van der Waals surface area (Å²) < 4.78 is 0. The summed E-state index contributed by atoms with van der Waals surface area (Å²) in [5, 5.41) is 0. The van der Waals surface area contributed by atoms with E-state index >= 15 is 0 Å². The van der Waals surface area contributed by atoms with Gasteiger partial charge in [-0.15, -0.1) is 0 Å². The van der Waals surface area contributed by atoms with Gasteiger partial charge in [-0.05, 0) is 0 Å². The SMILES string of the molecule is C.CC.CC.CC.[W]. The van der Waals surface area contributed by atoms with Crippen LogP contribution < -0.4 is 0 Å². The largest absolute Gasteiger partial charge is 0.0776 e. The second kappa shape index (κ2) is 726. The maximum atomic E-state index is 2.00. The molecule has 0 saturated carbocycles. The Bertz CT molecular complexity index is 4.35. The average Bonchev–Trinajstić information content (AvgIpc) is 1.81. The molecule has 0 nitrogen and oxygen atoms in total. The average molecular weight is 290 g/mol. The van der Waals surface area contributed by atoms with E-state index in [1.54, 1.807) is 0 Å². The van der Waals surface area contributed by atoms with Crippen molar-refractivity contribution < 1.29 is 21.1 Å². The fraction of sp³-hybridized carbons (Fsp3) is 1.00. The zero-order chi connectivity index (χ0) is 6.00. The van der Waals surface area contributed by atoms with Crippen LogP contribution in [0, 0.1) is 0 Å². The van der Waals surface area contributed by atoms with Crippen LogP contribution in [0.4, 0.5) is 0 Å². The van der Waals surface area contributed by atoms with E-state index in [1.807, 2.05) is 41.5 Å². The molecule has 0 bridgehead atoms. The van der Waals surface area contributed by atoms with Crippen molar-refractivity contribution in [1.29, 1.82) is 0 Å². The maximum absolute atomic E-state index is 2.00. The Morgan fingerprint density at radius 1 is 0.500 bits per heavy atom. The summed E-state index contributed by atoms with van der Waals surface area (Å²) in [4.78, 5) is 0. The first-order valence-corrected chi connectivity index (χ1v) is 3.00. The van der Waals surface area contributed by atoms with E-state index < -0.39 is 0 Å². The van der Waals surface area contributed by atoms with Gasteiger partial charge < -0.3 is 0 Å². The maximum Gasteiger partial charge on any atom is 0 e. The van der Waals surface area contributed by atoms with Crippen LogP contribution in [-0.4, -0.2) is 0 Å². The van der Waals surface area contributed by atoms with Gasteiger partial charge in [-0.1, -0.05) is 49.0 Å². The molecule has 0 aliphatic heterocycles. The zero-order valence-corrected chi connectivity index (χ0v) is 9.34. The van der Waals surface area contributed by atoms with Crippen molar-refractivity contribution in [1.82, 2.24) is 0 Å². The minimum atomic E-state index is 0. The topological polar surface area (TPSA) is 0 Å². The van der Waals surface area contributed by atoms with Crippen molar-refractivity contribution in [3.8, 4) is 0 Å². The summed E-state index contributed by atoms with van der Waals surface area (Å²) in [6.07, 6.45) is 0. The van der Waals surface area contributed by atoms with Crippen LogP contribution in [-0.2, 0) is 21.1 Å². The summed E-state index contributed by atoms with van der Waals surface area (Å²) in [7, 11) is 0. The normalized spacial score (nSPS) is 2.25. The monoisotopic (exact) mass is 290 g/mol. The predicted octanol–water partition coefficient (Wildman–Crippen LogP) is 3.71. The molecule has 0 radical (unpaired) electrons. The predicted molar refractivity (Wildman–Crippen MR) is 40.8 cm³/mol. The molecule has 0 heterocycles. The second-order valence-electron chi connectivity index (χ2n) is 0. The third-order valence-electron chi connectivity index (χ3n) is 0. The molecule has 0 aromatic rings. The van der Waals surface area contributed by atoms with Gasteiger partial charge in [-0.2, -0.15) is 0 Å². The number of hydrogen-bond acceptors (Lipinski definition) is 0. The van der Waals surface area contributed by atoms with E-state index in [4.69, 9.17) is 0 Å². The van der Waals surface area contributed by atoms with Gasteiger partial charge in [0.1, 0.15) is 0 Å². The molecule has 1 heteroatoms. The van der Waals surface area contributed by atoms with Gasteiger partial charge in [0.05, 0.1) is 0 Å². The molecule has 0 unspecified atom stereocenters. The zero-order valence-electron chi connectivity index (χ0n) is 6.41. The molecule has 56 valence electrons. The number of hydrogen-bond donors (Lipinski definition) is 0. The standard InChI is InChI=1S/3C2H6.CH4.W/c3*1-2;;/h3*1-2H3;1H4;. The summed E-state index contributed by atoms with van der Waals surface area (Å²) in [5.74, 6) is 0. The molecule has 0 rings (SSSR count). The Labute approximate surface area is 70.3 Å². The second-order valence-corrected chi connectivity index (χ2v) is 0. The van der Waals surface area contributed by atoms with E-state index in [1.165, 1.54) is 0 Å². The van der Waals surface area contributed by atoms with Crippen LogP contribution in [0.3, 0.4) is 0 Å². The van der Waals surface area contributed by atoms with Crippen LogP contribution in [0.15, 0.2) is 0 Å². The van der Waals surface area contributed by atoms with Gasteiger partial charge in [0.2, 0.25) is 0 Å². The fourth-order valence-corrected chi connectivity index (χ4v) is 0. The van der Waals surface area contributed by atoms with Gasteiger partial charge in [-0.25, -0.2) is 0 Å². The molecule has 0 saturated heterocycles. The van der Waals surface area contributed by atoms with Crippen molar-refractivity contribution in [3.63, 3.8) is 0 Å². The first-order valence-electron chi connectivity index (χ1n) is 3.00. The first-order chi connectivity index (χ1) is 3.00. The minimum absolute atomic E-state index is 0. The molecule has 0 atom stereocenters. The Morgan fingerprint density at radius 2 is 0.500 bits per heavy atom. The summed E-state index contributed by atoms with van der Waals surface area (Å²) in [5.41, 5.74) is 0. The summed E-state index contributed by atoms with van der Waals surface area (Å²) in [6.45, 7) is 12.0. The van der Waals surface area contributed by atoms with E-state index in [-0.39, 0.29) is 28.5 Å². The van der Waals surface area contributed by atoms with Gasteiger partial charge in [0.25, 0.3) is 0 Å². The van der Waals surface area contributed by atoms with Gasteiger partial charge in [0, 0.05) is 21.1 Å². The first kappa shape index (κ1) is 37.8. The molecular weight excluding hydrogens is 268 g/mol. The van der Waals surface area contributed by atoms with E-state index in [0.29, 0.717) is 0 Å². The van der Waals surface area contributed by atoms with Crippen LogP contribution in [0.5, 0.6) is 0 Å². The van der Waals surface area contributed by atoms with Crippen molar-refractivity contribution in [2.45, 2.75) is 49.0 Å². The van der Waals surface area contributed by atoms with Crippen molar-refractivity contribution in [2.75, 3.05) is 0 Å². The molecule has 0 aliphatic carbocycles. The minimum Gasteiger partial charge on any atom is -0.0776 e. The molecule has 0 amide bonds. The van der Waals surface area contributed by atoms with Crippen molar-refractivity contribution >= 4 is 0 Å². The smallest absolute Gasteiger partial charge is 0 e. The Morgan fingerprint density at radius 3 is 0.500 bits per heavy atom. The molecule has 0 aromatic heterocycles. The van der Waals surface area contributed by atoms with Crippen LogP contribution >= 0.6 is 0 Å². The molecule has 0 fully saturated rings. The third kappa shape index (κ3) is 457. The van der Waals surface area contributed by atoms with Crippen LogP contribution in [0.2, 0.25) is 0 Å². The molecular formula is C7H22W. The summed E-state index contributed by atoms with van der Waals surface area (Å²) in [6, 6.07) is 0. The van der Waals surface area contributed by atoms with Gasteiger partial charge in [-0.3, -0.25) is 0 Å². The molecule has 0 N–H and O–H groups in total. The van der Waals surface area contributed by atoms with E-state index in [9.17, 15) is 0 Å². The van der Waals surface area contributed by atoms with E-state index in [0.717, 1.165) is 0 Å². The molecule has 0 aromatic carbocycles. The molecule has 0 aliphatic rings. The summed E-state index contributed by atoms with van der Waals surface area (Å²) >= 11 is 0. The third-order valence-corrected chi connectivity index (χ3v) is 0. The van der Waals surface area contributed by atoms with Crippen LogP contribution in [0.1, 0.15) is 49.0 Å². The molecule has 0 spiro atoms.